The molecule has 0 aliphatic carbocycles. The third kappa shape index (κ3) is 2.46. The van der Waals surface area contributed by atoms with E-state index in [9.17, 15) is 0 Å². The molecule has 1 saturated heterocycles. The van der Waals surface area contributed by atoms with E-state index in [2.05, 4.69) is 31.4 Å². The van der Waals surface area contributed by atoms with Gasteiger partial charge in [0.1, 0.15) is 0 Å². The van der Waals surface area contributed by atoms with Crippen LogP contribution >= 0.6 is 0 Å². The third-order valence-corrected chi connectivity index (χ3v) is 2.63. The van der Waals surface area contributed by atoms with Gasteiger partial charge in [0.2, 0.25) is 0 Å². The van der Waals surface area contributed by atoms with E-state index in [-0.39, 0.29) is 0 Å². The van der Waals surface area contributed by atoms with Crippen molar-refractivity contribution in [2.75, 3.05) is 13.1 Å². The van der Waals surface area contributed by atoms with Crippen molar-refractivity contribution in [3.05, 3.63) is 0 Å². The van der Waals surface area contributed by atoms with Crippen LogP contribution in [-0.4, -0.2) is 25.2 Å². The zero-order chi connectivity index (χ0) is 8.27. The van der Waals surface area contributed by atoms with Crippen molar-refractivity contribution in [2.24, 2.45) is 5.92 Å². The minimum Gasteiger partial charge on any atom is -0.315 e. The molecule has 11 heavy (non-hydrogen) atoms. The van der Waals surface area contributed by atoms with E-state index < -0.39 is 0 Å². The molecule has 2 nitrogen and oxygen atoms in total. The lowest BCUT2D eigenvalue weighted by Crippen LogP contribution is -2.40. The topological polar surface area (TPSA) is 24.1 Å². The first kappa shape index (κ1) is 9.01. The Kier molecular flexibility index (Phi) is 3.34. The highest BCUT2D eigenvalue weighted by atomic mass is 15.1. The summed E-state index contributed by atoms with van der Waals surface area (Å²) in [5.74, 6) is 0.795. The molecule has 3 atom stereocenters. The normalized spacial score (nSPS) is 34.1. The van der Waals surface area contributed by atoms with Crippen molar-refractivity contribution < 1.29 is 0 Å². The Labute approximate surface area is 69.8 Å². The predicted molar refractivity (Wildman–Crippen MR) is 48.7 cm³/mol. The average Bonchev–Trinajstić information content (AvgIpc) is 2.37. The van der Waals surface area contributed by atoms with Gasteiger partial charge in [-0.2, -0.15) is 0 Å². The summed E-state index contributed by atoms with van der Waals surface area (Å²) < 4.78 is 0. The van der Waals surface area contributed by atoms with Gasteiger partial charge in [0.05, 0.1) is 0 Å². The summed E-state index contributed by atoms with van der Waals surface area (Å²) >= 11 is 0. The van der Waals surface area contributed by atoms with E-state index >= 15 is 0 Å². The van der Waals surface area contributed by atoms with Crippen LogP contribution in [0.1, 0.15) is 27.2 Å². The Balaban J connectivity index is 2.24. The van der Waals surface area contributed by atoms with Crippen molar-refractivity contribution >= 4 is 0 Å². The maximum absolute atomic E-state index is 3.62. The molecule has 1 aliphatic rings. The minimum absolute atomic E-state index is 0.669. The first-order chi connectivity index (χ1) is 5.24. The molecule has 0 amide bonds. The van der Waals surface area contributed by atoms with E-state index in [0.29, 0.717) is 12.1 Å². The lowest BCUT2D eigenvalue weighted by Gasteiger charge is -2.20. The van der Waals surface area contributed by atoms with Crippen LogP contribution in [0.15, 0.2) is 0 Å². The van der Waals surface area contributed by atoms with Crippen molar-refractivity contribution in [3.63, 3.8) is 0 Å². The van der Waals surface area contributed by atoms with Crippen LogP contribution in [0.2, 0.25) is 0 Å². The van der Waals surface area contributed by atoms with Gasteiger partial charge >= 0.3 is 0 Å². The maximum atomic E-state index is 3.62. The molecule has 0 aromatic heterocycles. The summed E-state index contributed by atoms with van der Waals surface area (Å²) in [6, 6.07) is 1.37. The quantitative estimate of drug-likeness (QED) is 0.636. The second kappa shape index (κ2) is 4.07. The van der Waals surface area contributed by atoms with Crippen LogP contribution in [0.5, 0.6) is 0 Å². The number of hydrogen-bond acceptors (Lipinski definition) is 2. The fourth-order valence-electron chi connectivity index (χ4n) is 1.52. The molecule has 0 aromatic carbocycles. The van der Waals surface area contributed by atoms with E-state index in [4.69, 9.17) is 0 Å². The van der Waals surface area contributed by atoms with Gasteiger partial charge in [-0.25, -0.2) is 0 Å². The molecule has 0 saturated carbocycles. The minimum atomic E-state index is 0.669. The molecule has 0 aromatic rings. The Morgan fingerprint density at radius 3 is 2.73 bits per heavy atom. The molecule has 2 N–H and O–H groups in total. The van der Waals surface area contributed by atoms with Crippen LogP contribution in [0.4, 0.5) is 0 Å². The van der Waals surface area contributed by atoms with Gasteiger partial charge in [0.15, 0.2) is 0 Å². The molecule has 2 heteroatoms. The van der Waals surface area contributed by atoms with Crippen molar-refractivity contribution in [1.82, 2.24) is 10.6 Å². The highest BCUT2D eigenvalue weighted by Gasteiger charge is 2.23. The molecule has 0 bridgehead atoms. The smallest absolute Gasteiger partial charge is 0.0232 e. The Bertz CT molecular complexity index is 114. The molecule has 1 rings (SSSR count). The largest absolute Gasteiger partial charge is 0.315 e. The summed E-state index contributed by atoms with van der Waals surface area (Å²) in [4.78, 5) is 0. The second-order valence-electron chi connectivity index (χ2n) is 3.72. The van der Waals surface area contributed by atoms with Gasteiger partial charge in [0, 0.05) is 18.6 Å². The average molecular weight is 156 g/mol. The SMILES string of the molecule is CCC(C)NC1CNCC1C. The molecular weight excluding hydrogens is 136 g/mol. The first-order valence-corrected chi connectivity index (χ1v) is 4.70. The van der Waals surface area contributed by atoms with Gasteiger partial charge in [-0.05, 0) is 25.8 Å². The van der Waals surface area contributed by atoms with Crippen molar-refractivity contribution in [3.8, 4) is 0 Å². The monoisotopic (exact) mass is 156 g/mol. The van der Waals surface area contributed by atoms with Crippen LogP contribution in [0.25, 0.3) is 0 Å². The zero-order valence-corrected chi connectivity index (χ0v) is 7.85. The van der Waals surface area contributed by atoms with Gasteiger partial charge in [0.25, 0.3) is 0 Å². The highest BCUT2D eigenvalue weighted by molar-refractivity contribution is 4.85. The van der Waals surface area contributed by atoms with Crippen LogP contribution in [0, 0.1) is 5.92 Å². The van der Waals surface area contributed by atoms with Crippen molar-refractivity contribution in [2.45, 2.75) is 39.3 Å². The molecule has 0 spiro atoms. The first-order valence-electron chi connectivity index (χ1n) is 4.70. The van der Waals surface area contributed by atoms with Crippen molar-refractivity contribution in [1.29, 1.82) is 0 Å². The Morgan fingerprint density at radius 1 is 1.55 bits per heavy atom. The molecule has 3 unspecified atom stereocenters. The lowest BCUT2D eigenvalue weighted by molar-refractivity contribution is 0.398. The molecule has 1 aliphatic heterocycles. The highest BCUT2D eigenvalue weighted by Crippen LogP contribution is 2.08. The summed E-state index contributed by atoms with van der Waals surface area (Å²) in [5.41, 5.74) is 0. The van der Waals surface area contributed by atoms with E-state index in [0.717, 1.165) is 12.5 Å². The summed E-state index contributed by atoms with van der Waals surface area (Å²) in [7, 11) is 0. The van der Waals surface area contributed by atoms with Gasteiger partial charge in [-0.1, -0.05) is 13.8 Å². The van der Waals surface area contributed by atoms with E-state index in [1.165, 1.54) is 13.0 Å². The zero-order valence-electron chi connectivity index (χ0n) is 7.85. The van der Waals surface area contributed by atoms with Gasteiger partial charge in [-0.15, -0.1) is 0 Å². The summed E-state index contributed by atoms with van der Waals surface area (Å²) in [6.45, 7) is 9.11. The van der Waals surface area contributed by atoms with E-state index in [1.807, 2.05) is 0 Å². The molecule has 66 valence electrons. The van der Waals surface area contributed by atoms with Crippen LogP contribution in [-0.2, 0) is 0 Å². The lowest BCUT2D eigenvalue weighted by atomic mass is 10.1. The molecule has 1 fully saturated rings. The fourth-order valence-corrected chi connectivity index (χ4v) is 1.52. The fraction of sp³-hybridized carbons (Fsp3) is 1.00. The maximum Gasteiger partial charge on any atom is 0.0232 e. The Morgan fingerprint density at radius 2 is 2.27 bits per heavy atom. The standard InChI is InChI=1S/C9H20N2/c1-4-8(3)11-9-6-10-5-7(9)2/h7-11H,4-6H2,1-3H3. The third-order valence-electron chi connectivity index (χ3n) is 2.63. The summed E-state index contributed by atoms with van der Waals surface area (Å²) in [5, 5.41) is 7.00. The van der Waals surface area contributed by atoms with Crippen LogP contribution in [0.3, 0.4) is 0 Å². The number of rotatable bonds is 3. The number of hydrogen-bond donors (Lipinski definition) is 2. The van der Waals surface area contributed by atoms with Gasteiger partial charge in [-0.3, -0.25) is 0 Å². The molecule has 0 radical (unpaired) electrons. The van der Waals surface area contributed by atoms with Crippen LogP contribution < -0.4 is 10.6 Å². The molecular formula is C9H20N2. The second-order valence-corrected chi connectivity index (χ2v) is 3.72. The Hall–Kier alpha value is -0.0800. The van der Waals surface area contributed by atoms with Gasteiger partial charge < -0.3 is 10.6 Å². The summed E-state index contributed by atoms with van der Waals surface area (Å²) in [6.07, 6.45) is 1.23. The number of nitrogens with one attached hydrogen (secondary N) is 2. The van der Waals surface area contributed by atoms with E-state index in [1.54, 1.807) is 0 Å². The molecule has 1 heterocycles. The predicted octanol–water partition coefficient (Wildman–Crippen LogP) is 0.982.